The van der Waals surface area contributed by atoms with Gasteiger partial charge in [-0.15, -0.1) is 11.3 Å². The minimum atomic E-state index is 0.656. The molecule has 0 unspecified atom stereocenters. The minimum Gasteiger partial charge on any atom is -0.496 e. The van der Waals surface area contributed by atoms with Gasteiger partial charge in [-0.3, -0.25) is 4.79 Å². The Labute approximate surface area is 86.1 Å². The van der Waals surface area contributed by atoms with Gasteiger partial charge in [0.1, 0.15) is 5.75 Å². The molecule has 2 aromatic rings. The molecule has 0 aliphatic rings. The van der Waals surface area contributed by atoms with Crippen LogP contribution in [0.1, 0.15) is 15.9 Å². The number of ether oxygens (including phenoxy) is 1. The highest BCUT2D eigenvalue weighted by Crippen LogP contribution is 2.33. The van der Waals surface area contributed by atoms with E-state index < -0.39 is 0 Å². The largest absolute Gasteiger partial charge is 0.496 e. The molecular weight excluding hydrogens is 196 g/mol. The molecule has 0 N–H and O–H groups in total. The van der Waals surface area contributed by atoms with E-state index in [0.29, 0.717) is 11.3 Å². The number of hydrogen-bond acceptors (Lipinski definition) is 3. The minimum absolute atomic E-state index is 0.656. The van der Waals surface area contributed by atoms with Crippen LogP contribution < -0.4 is 4.74 Å². The molecule has 1 heterocycles. The Morgan fingerprint density at radius 2 is 2.29 bits per heavy atom. The van der Waals surface area contributed by atoms with E-state index >= 15 is 0 Å². The third kappa shape index (κ3) is 1.21. The number of carbonyl (C=O) groups excluding carboxylic acids is 1. The zero-order chi connectivity index (χ0) is 10.1. The van der Waals surface area contributed by atoms with Crippen LogP contribution in [0, 0.1) is 6.92 Å². The van der Waals surface area contributed by atoms with E-state index in [1.165, 1.54) is 0 Å². The average Bonchev–Trinajstić information content (AvgIpc) is 2.66. The van der Waals surface area contributed by atoms with Crippen molar-refractivity contribution in [2.24, 2.45) is 0 Å². The molecule has 0 bridgehead atoms. The Bertz CT molecular complexity index is 485. The summed E-state index contributed by atoms with van der Waals surface area (Å²) in [5.41, 5.74) is 1.80. The number of hydrogen-bond donors (Lipinski definition) is 0. The summed E-state index contributed by atoms with van der Waals surface area (Å²) in [7, 11) is 1.58. The van der Waals surface area contributed by atoms with E-state index in [4.69, 9.17) is 4.74 Å². The smallest absolute Gasteiger partial charge is 0.155 e. The molecule has 0 spiro atoms. The maximum atomic E-state index is 10.9. The molecule has 14 heavy (non-hydrogen) atoms. The Balaban J connectivity index is 2.88. The van der Waals surface area contributed by atoms with Gasteiger partial charge in [-0.25, -0.2) is 0 Å². The van der Waals surface area contributed by atoms with Crippen LogP contribution in [0.15, 0.2) is 17.5 Å². The summed E-state index contributed by atoms with van der Waals surface area (Å²) in [6.45, 7) is 2.02. The molecule has 0 saturated heterocycles. The van der Waals surface area contributed by atoms with Crippen LogP contribution in [-0.2, 0) is 0 Å². The van der Waals surface area contributed by atoms with Gasteiger partial charge in [0, 0.05) is 4.70 Å². The van der Waals surface area contributed by atoms with E-state index in [9.17, 15) is 4.79 Å². The van der Waals surface area contributed by atoms with Gasteiger partial charge in [-0.1, -0.05) is 0 Å². The lowest BCUT2D eigenvalue weighted by molar-refractivity contribution is 0.112. The fourth-order valence-corrected chi connectivity index (χ4v) is 2.54. The molecule has 0 atom stereocenters. The maximum absolute atomic E-state index is 10.9. The highest BCUT2D eigenvalue weighted by molar-refractivity contribution is 7.17. The number of carbonyl (C=O) groups is 1. The predicted molar refractivity (Wildman–Crippen MR) is 58.5 cm³/mol. The molecule has 1 aromatic heterocycles. The molecule has 1 aromatic carbocycles. The standard InChI is InChI=1S/C11H10O2S/c1-7-5-10(13-2)9(6-12)11-8(7)3-4-14-11/h3-6H,1-2H3. The molecule has 0 fully saturated rings. The first-order valence-electron chi connectivity index (χ1n) is 4.28. The fourth-order valence-electron chi connectivity index (χ4n) is 1.57. The van der Waals surface area contributed by atoms with Crippen molar-refractivity contribution >= 4 is 27.7 Å². The Kier molecular flexibility index (Phi) is 2.25. The van der Waals surface area contributed by atoms with Gasteiger partial charge in [0.15, 0.2) is 6.29 Å². The van der Waals surface area contributed by atoms with E-state index in [0.717, 1.165) is 21.9 Å². The highest BCUT2D eigenvalue weighted by Gasteiger charge is 2.10. The van der Waals surface area contributed by atoms with E-state index in [1.807, 2.05) is 24.4 Å². The molecule has 3 heteroatoms. The molecular formula is C11H10O2S. The molecule has 0 saturated carbocycles. The summed E-state index contributed by atoms with van der Waals surface area (Å²) < 4.78 is 6.18. The number of aryl methyl sites for hydroxylation is 1. The topological polar surface area (TPSA) is 26.3 Å². The number of methoxy groups -OCH3 is 1. The highest BCUT2D eigenvalue weighted by atomic mass is 32.1. The van der Waals surface area contributed by atoms with Gasteiger partial charge in [-0.05, 0) is 35.4 Å². The van der Waals surface area contributed by atoms with E-state index in [1.54, 1.807) is 18.4 Å². The number of fused-ring (bicyclic) bond motifs is 1. The van der Waals surface area contributed by atoms with Crippen LogP contribution in [-0.4, -0.2) is 13.4 Å². The predicted octanol–water partition coefficient (Wildman–Crippen LogP) is 3.03. The summed E-state index contributed by atoms with van der Waals surface area (Å²) in [5.74, 6) is 0.660. The summed E-state index contributed by atoms with van der Waals surface area (Å²) in [6, 6.07) is 3.93. The SMILES string of the molecule is COc1cc(C)c2ccsc2c1C=O. The second-order valence-electron chi connectivity index (χ2n) is 3.09. The van der Waals surface area contributed by atoms with E-state index in [-0.39, 0.29) is 0 Å². The molecule has 72 valence electrons. The Hall–Kier alpha value is -1.35. The zero-order valence-electron chi connectivity index (χ0n) is 8.03. The average molecular weight is 206 g/mol. The van der Waals surface area contributed by atoms with Crippen molar-refractivity contribution in [2.75, 3.05) is 7.11 Å². The fraction of sp³-hybridized carbons (Fsp3) is 0.182. The van der Waals surface area contributed by atoms with Crippen LogP contribution in [0.25, 0.3) is 10.1 Å². The van der Waals surface area contributed by atoms with Crippen molar-refractivity contribution in [1.82, 2.24) is 0 Å². The molecule has 0 amide bonds. The van der Waals surface area contributed by atoms with Crippen molar-refractivity contribution in [3.63, 3.8) is 0 Å². The summed E-state index contributed by atoms with van der Waals surface area (Å²) >= 11 is 1.57. The lowest BCUT2D eigenvalue weighted by Gasteiger charge is -2.06. The number of thiophene rings is 1. The number of benzene rings is 1. The van der Waals surface area contributed by atoms with Gasteiger partial charge in [0.25, 0.3) is 0 Å². The molecule has 0 aliphatic carbocycles. The summed E-state index contributed by atoms with van der Waals surface area (Å²) in [6.07, 6.45) is 0.858. The first kappa shape index (κ1) is 9.21. The summed E-state index contributed by atoms with van der Waals surface area (Å²) in [4.78, 5) is 10.9. The van der Waals surface area contributed by atoms with Crippen molar-refractivity contribution < 1.29 is 9.53 Å². The van der Waals surface area contributed by atoms with Gasteiger partial charge < -0.3 is 4.74 Å². The summed E-state index contributed by atoms with van der Waals surface area (Å²) in [5, 5.41) is 3.13. The molecule has 0 radical (unpaired) electrons. The lowest BCUT2D eigenvalue weighted by atomic mass is 10.1. The molecule has 2 rings (SSSR count). The monoisotopic (exact) mass is 206 g/mol. The quantitative estimate of drug-likeness (QED) is 0.706. The van der Waals surface area contributed by atoms with Gasteiger partial charge in [0.2, 0.25) is 0 Å². The Morgan fingerprint density at radius 3 is 2.93 bits per heavy atom. The van der Waals surface area contributed by atoms with Gasteiger partial charge in [0.05, 0.1) is 12.7 Å². The van der Waals surface area contributed by atoms with Crippen molar-refractivity contribution in [3.8, 4) is 5.75 Å². The van der Waals surface area contributed by atoms with Crippen molar-refractivity contribution in [3.05, 3.63) is 28.6 Å². The van der Waals surface area contributed by atoms with Crippen LogP contribution in [0.2, 0.25) is 0 Å². The number of rotatable bonds is 2. The molecule has 0 aliphatic heterocycles. The van der Waals surface area contributed by atoms with Crippen LogP contribution in [0.5, 0.6) is 5.75 Å². The maximum Gasteiger partial charge on any atom is 0.155 e. The first-order valence-corrected chi connectivity index (χ1v) is 5.16. The van der Waals surface area contributed by atoms with Crippen LogP contribution in [0.4, 0.5) is 0 Å². The third-order valence-electron chi connectivity index (χ3n) is 2.29. The third-order valence-corrected chi connectivity index (χ3v) is 3.23. The zero-order valence-corrected chi connectivity index (χ0v) is 8.85. The van der Waals surface area contributed by atoms with Crippen LogP contribution in [0.3, 0.4) is 0 Å². The number of aldehydes is 1. The Morgan fingerprint density at radius 1 is 1.50 bits per heavy atom. The van der Waals surface area contributed by atoms with Gasteiger partial charge >= 0.3 is 0 Å². The first-order chi connectivity index (χ1) is 6.77. The molecule has 2 nitrogen and oxygen atoms in total. The van der Waals surface area contributed by atoms with Crippen LogP contribution >= 0.6 is 11.3 Å². The lowest BCUT2D eigenvalue weighted by Crippen LogP contribution is -1.91. The van der Waals surface area contributed by atoms with E-state index in [2.05, 4.69) is 0 Å². The second-order valence-corrected chi connectivity index (χ2v) is 4.01. The van der Waals surface area contributed by atoms with Crippen molar-refractivity contribution in [2.45, 2.75) is 6.92 Å². The van der Waals surface area contributed by atoms with Gasteiger partial charge in [-0.2, -0.15) is 0 Å². The second kappa shape index (κ2) is 3.42. The normalized spacial score (nSPS) is 10.4. The van der Waals surface area contributed by atoms with Crippen molar-refractivity contribution in [1.29, 1.82) is 0 Å².